The highest BCUT2D eigenvalue weighted by Crippen LogP contribution is 2.40. The first-order valence-electron chi connectivity index (χ1n) is 15.4. The number of primary amides is 1. The van der Waals surface area contributed by atoms with Crippen LogP contribution in [0.3, 0.4) is 0 Å². The molecule has 10 nitrogen and oxygen atoms in total. The van der Waals surface area contributed by atoms with Crippen molar-refractivity contribution in [3.8, 4) is 28.5 Å². The van der Waals surface area contributed by atoms with E-state index >= 15 is 0 Å². The molecule has 1 aliphatic heterocycles. The number of hydrogen-bond donors (Lipinski definition) is 2. The van der Waals surface area contributed by atoms with Crippen molar-refractivity contribution >= 4 is 45.5 Å². The van der Waals surface area contributed by atoms with Crippen LogP contribution in [0.15, 0.2) is 48.5 Å². The van der Waals surface area contributed by atoms with Crippen molar-refractivity contribution in [2.45, 2.75) is 44.3 Å². The third kappa shape index (κ3) is 4.49. The number of benzene rings is 2. The third-order valence-electron chi connectivity index (χ3n) is 9.96. The molecule has 11 heteroatoms. The molecule has 3 atom stereocenters. The highest BCUT2D eigenvalue weighted by molar-refractivity contribution is 6.34. The molecule has 4 heterocycles. The number of hydrogen-bond acceptors (Lipinski definition) is 6. The van der Waals surface area contributed by atoms with Crippen LogP contribution in [-0.4, -0.2) is 61.6 Å². The van der Waals surface area contributed by atoms with E-state index < -0.39 is 5.91 Å². The van der Waals surface area contributed by atoms with Gasteiger partial charge in [0.05, 0.1) is 34.6 Å². The molecule has 0 radical (unpaired) electrons. The van der Waals surface area contributed by atoms with Gasteiger partial charge in [0.1, 0.15) is 16.9 Å². The Morgan fingerprint density at radius 1 is 1.04 bits per heavy atom. The van der Waals surface area contributed by atoms with E-state index in [1.165, 1.54) is 12.8 Å². The lowest BCUT2D eigenvalue weighted by Crippen LogP contribution is -2.41. The number of nitrogens with two attached hydrogens (primary N) is 2. The van der Waals surface area contributed by atoms with Crippen molar-refractivity contribution in [2.75, 3.05) is 13.7 Å². The topological polar surface area (TPSA) is 134 Å². The van der Waals surface area contributed by atoms with E-state index in [-0.39, 0.29) is 23.6 Å². The highest BCUT2D eigenvalue weighted by atomic mass is 35.5. The van der Waals surface area contributed by atoms with Gasteiger partial charge in [-0.15, -0.1) is 0 Å². The lowest BCUT2D eigenvalue weighted by molar-refractivity contribution is 0.0700. The molecule has 2 bridgehead atoms. The molecule has 1 saturated heterocycles. The van der Waals surface area contributed by atoms with E-state index in [1.54, 1.807) is 19.2 Å². The van der Waals surface area contributed by atoms with Crippen molar-refractivity contribution in [3.05, 3.63) is 64.7 Å². The SMILES string of the molecule is COc1cc(C(=O)N2C[C@H]3CC[C@@H]2[C@@H]3N)cc2nc(-c3cc4ccc(-c5ccc(C(N)=O)c(Cl)c5)nc4n3CC3CC3)n(C)c12. The molecule has 4 N–H and O–H groups in total. The smallest absolute Gasteiger partial charge is 0.254 e. The summed E-state index contributed by atoms with van der Waals surface area (Å²) in [6.07, 6.45) is 4.39. The maximum absolute atomic E-state index is 13.7. The van der Waals surface area contributed by atoms with Crippen LogP contribution in [-0.2, 0) is 13.6 Å². The third-order valence-corrected chi connectivity index (χ3v) is 10.3. The Morgan fingerprint density at radius 2 is 1.87 bits per heavy atom. The number of nitrogens with zero attached hydrogens (tertiary/aromatic N) is 5. The minimum Gasteiger partial charge on any atom is -0.494 e. The number of fused-ring (bicyclic) bond motifs is 4. The standard InChI is InChI=1S/C34H34ClN7O3/c1-40-30-25(12-21(14-28(30)45-2)34(44)42-16-20-7-10-26(42)29(20)36)39-33(40)27-13-19-6-9-24(38-32(19)41(27)15-17-3-4-17)18-5-8-22(31(37)43)23(35)11-18/h5-6,8-9,11-14,17,20,26,29H,3-4,7,10,15-16,36H2,1-2H3,(H2,37,43)/t20-,26-,29-/m1/s1. The van der Waals surface area contributed by atoms with Crippen molar-refractivity contribution in [1.29, 1.82) is 0 Å². The zero-order chi connectivity index (χ0) is 31.1. The molecule has 3 aromatic heterocycles. The van der Waals surface area contributed by atoms with Gasteiger partial charge in [0.2, 0.25) is 5.91 Å². The van der Waals surface area contributed by atoms with Gasteiger partial charge in [0, 0.05) is 48.7 Å². The van der Waals surface area contributed by atoms with Gasteiger partial charge in [-0.05, 0) is 80.0 Å². The van der Waals surface area contributed by atoms with Crippen LogP contribution in [0, 0.1) is 11.8 Å². The molecule has 2 amide bonds. The first kappa shape index (κ1) is 28.1. The molecule has 8 rings (SSSR count). The Bertz CT molecular complexity index is 2040. The van der Waals surface area contributed by atoms with Crippen molar-refractivity contribution < 1.29 is 14.3 Å². The average molecular weight is 624 g/mol. The second-order valence-electron chi connectivity index (χ2n) is 12.7. The summed E-state index contributed by atoms with van der Waals surface area (Å²) < 4.78 is 10.1. The number of piperidine rings is 1. The van der Waals surface area contributed by atoms with Crippen LogP contribution < -0.4 is 16.2 Å². The van der Waals surface area contributed by atoms with E-state index in [0.29, 0.717) is 40.2 Å². The van der Waals surface area contributed by atoms with Gasteiger partial charge in [0.15, 0.2) is 5.82 Å². The van der Waals surface area contributed by atoms with Crippen LogP contribution in [0.5, 0.6) is 5.75 Å². The number of likely N-dealkylation sites (tertiary alicyclic amines) is 1. The summed E-state index contributed by atoms with van der Waals surface area (Å²) in [5.41, 5.74) is 17.6. The van der Waals surface area contributed by atoms with E-state index in [1.807, 2.05) is 40.8 Å². The van der Waals surface area contributed by atoms with Crippen molar-refractivity contribution in [3.63, 3.8) is 0 Å². The van der Waals surface area contributed by atoms with Gasteiger partial charge in [-0.1, -0.05) is 17.7 Å². The summed E-state index contributed by atoms with van der Waals surface area (Å²) in [6.45, 7) is 1.52. The molecule has 45 heavy (non-hydrogen) atoms. The number of aryl methyl sites for hydroxylation is 1. The number of aromatic nitrogens is 4. The maximum Gasteiger partial charge on any atom is 0.254 e. The quantitative estimate of drug-likeness (QED) is 0.262. The fourth-order valence-electron chi connectivity index (χ4n) is 7.36. The number of rotatable bonds is 7. The number of pyridine rings is 1. The second kappa shape index (κ2) is 10.3. The summed E-state index contributed by atoms with van der Waals surface area (Å²) in [5, 5.41) is 1.28. The molecule has 2 aromatic carbocycles. The van der Waals surface area contributed by atoms with Crippen LogP contribution in [0.1, 0.15) is 46.4 Å². The zero-order valence-electron chi connectivity index (χ0n) is 25.2. The number of ether oxygens (including phenoxy) is 1. The van der Waals surface area contributed by atoms with Crippen molar-refractivity contribution in [1.82, 2.24) is 24.0 Å². The number of halogens is 1. The van der Waals surface area contributed by atoms with E-state index in [0.717, 1.165) is 58.7 Å². The monoisotopic (exact) mass is 623 g/mol. The molecule has 3 aliphatic rings. The average Bonchev–Trinajstić information content (AvgIpc) is 3.44. The highest BCUT2D eigenvalue weighted by Gasteiger charge is 2.47. The Labute approximate surface area is 264 Å². The molecule has 5 aromatic rings. The minimum absolute atomic E-state index is 0.0198. The van der Waals surface area contributed by atoms with Gasteiger partial charge < -0.3 is 30.2 Å². The number of imidazole rings is 1. The van der Waals surface area contributed by atoms with Gasteiger partial charge >= 0.3 is 0 Å². The summed E-state index contributed by atoms with van der Waals surface area (Å²) >= 11 is 6.37. The minimum atomic E-state index is -0.569. The molecule has 3 fully saturated rings. The fourth-order valence-corrected chi connectivity index (χ4v) is 7.63. The normalized spacial score (nSPS) is 20.9. The molecular weight excluding hydrogens is 590 g/mol. The molecule has 230 valence electrons. The number of amides is 2. The van der Waals surface area contributed by atoms with Gasteiger partial charge in [-0.25, -0.2) is 9.97 Å². The number of carbonyl (C=O) groups is 2. The predicted octanol–water partition coefficient (Wildman–Crippen LogP) is 4.99. The first-order valence-corrected chi connectivity index (χ1v) is 15.8. The summed E-state index contributed by atoms with van der Waals surface area (Å²) in [4.78, 5) is 37.5. The Hall–Kier alpha value is -4.41. The maximum atomic E-state index is 13.7. The summed E-state index contributed by atoms with van der Waals surface area (Å²) in [5.74, 6) is 1.73. The van der Waals surface area contributed by atoms with Gasteiger partial charge in [-0.3, -0.25) is 9.59 Å². The molecule has 0 spiro atoms. The van der Waals surface area contributed by atoms with Gasteiger partial charge in [0.25, 0.3) is 5.91 Å². The zero-order valence-corrected chi connectivity index (χ0v) is 25.9. The summed E-state index contributed by atoms with van der Waals surface area (Å²) in [6, 6.07) is 15.2. The lowest BCUT2D eigenvalue weighted by Gasteiger charge is -2.27. The van der Waals surface area contributed by atoms with Crippen LogP contribution >= 0.6 is 11.6 Å². The van der Waals surface area contributed by atoms with Gasteiger partial charge in [-0.2, -0.15) is 0 Å². The van der Waals surface area contributed by atoms with Crippen LogP contribution in [0.25, 0.3) is 44.8 Å². The van der Waals surface area contributed by atoms with E-state index in [2.05, 4.69) is 16.7 Å². The Morgan fingerprint density at radius 3 is 2.53 bits per heavy atom. The predicted molar refractivity (Wildman–Crippen MR) is 173 cm³/mol. The van der Waals surface area contributed by atoms with E-state index in [4.69, 9.17) is 37.8 Å². The molecule has 2 saturated carbocycles. The number of carbonyl (C=O) groups excluding carboxylic acids is 2. The summed E-state index contributed by atoms with van der Waals surface area (Å²) in [7, 11) is 3.61. The number of methoxy groups -OCH3 is 1. The molecule has 0 unspecified atom stereocenters. The lowest BCUT2D eigenvalue weighted by atomic mass is 10.1. The van der Waals surface area contributed by atoms with Crippen LogP contribution in [0.4, 0.5) is 0 Å². The molecule has 2 aliphatic carbocycles. The first-order chi connectivity index (χ1) is 21.7. The second-order valence-corrected chi connectivity index (χ2v) is 13.1. The molecular formula is C34H34ClN7O3. The van der Waals surface area contributed by atoms with Crippen LogP contribution in [0.2, 0.25) is 5.02 Å². The largest absolute Gasteiger partial charge is 0.494 e. The fraction of sp³-hybridized carbons (Fsp3) is 0.353. The Kier molecular flexibility index (Phi) is 6.44. The van der Waals surface area contributed by atoms with Crippen molar-refractivity contribution in [2.24, 2.45) is 30.4 Å². The Balaban J connectivity index is 1.23. The van der Waals surface area contributed by atoms with E-state index in [9.17, 15) is 9.59 Å².